The highest BCUT2D eigenvalue weighted by Crippen LogP contribution is 2.53. The molecule has 3 atom stereocenters. The van der Waals surface area contributed by atoms with E-state index in [0.717, 1.165) is 12.3 Å². The van der Waals surface area contributed by atoms with Gasteiger partial charge < -0.3 is 4.74 Å². The SMILES string of the molecule is CC(C)=CC/C=C(\C)C12CCC(C)CC1O2. The van der Waals surface area contributed by atoms with E-state index < -0.39 is 0 Å². The highest BCUT2D eigenvalue weighted by atomic mass is 16.6. The van der Waals surface area contributed by atoms with Gasteiger partial charge in [-0.2, -0.15) is 0 Å². The van der Waals surface area contributed by atoms with Crippen molar-refractivity contribution in [2.75, 3.05) is 0 Å². The maximum Gasteiger partial charge on any atom is 0.115 e. The van der Waals surface area contributed by atoms with Crippen molar-refractivity contribution < 1.29 is 4.74 Å². The maximum atomic E-state index is 5.97. The number of ether oxygens (including phenoxy) is 1. The van der Waals surface area contributed by atoms with Crippen LogP contribution in [0.25, 0.3) is 0 Å². The quantitative estimate of drug-likeness (QED) is 0.512. The number of hydrogen-bond acceptors (Lipinski definition) is 1. The molecule has 1 aliphatic heterocycles. The first-order valence-electron chi connectivity index (χ1n) is 6.53. The van der Waals surface area contributed by atoms with Crippen LogP contribution in [0.5, 0.6) is 0 Å². The van der Waals surface area contributed by atoms with E-state index in [1.54, 1.807) is 0 Å². The van der Waals surface area contributed by atoms with Crippen LogP contribution in [-0.2, 0) is 4.74 Å². The molecule has 0 bridgehead atoms. The van der Waals surface area contributed by atoms with Gasteiger partial charge in [-0.25, -0.2) is 0 Å². The van der Waals surface area contributed by atoms with Crippen LogP contribution in [-0.4, -0.2) is 11.7 Å². The molecule has 2 aliphatic rings. The van der Waals surface area contributed by atoms with E-state index in [-0.39, 0.29) is 5.60 Å². The number of allylic oxidation sites excluding steroid dienone is 3. The van der Waals surface area contributed by atoms with Crippen molar-refractivity contribution in [1.82, 2.24) is 0 Å². The Bertz CT molecular complexity index is 322. The third-order valence-corrected chi connectivity index (χ3v) is 4.06. The van der Waals surface area contributed by atoms with Crippen molar-refractivity contribution in [2.24, 2.45) is 5.92 Å². The third kappa shape index (κ3) is 2.24. The topological polar surface area (TPSA) is 12.5 Å². The Hall–Kier alpha value is -0.560. The van der Waals surface area contributed by atoms with Gasteiger partial charge in [-0.3, -0.25) is 0 Å². The van der Waals surface area contributed by atoms with Crippen LogP contribution in [0.2, 0.25) is 0 Å². The number of epoxide rings is 1. The summed E-state index contributed by atoms with van der Waals surface area (Å²) in [5, 5.41) is 0. The van der Waals surface area contributed by atoms with Gasteiger partial charge in [0.1, 0.15) is 5.60 Å². The van der Waals surface area contributed by atoms with Gasteiger partial charge in [0.05, 0.1) is 6.10 Å². The van der Waals surface area contributed by atoms with Gasteiger partial charge in [-0.15, -0.1) is 0 Å². The summed E-state index contributed by atoms with van der Waals surface area (Å²) in [5.74, 6) is 0.853. The highest BCUT2D eigenvalue weighted by molar-refractivity contribution is 5.28. The van der Waals surface area contributed by atoms with Gasteiger partial charge in [0, 0.05) is 0 Å². The van der Waals surface area contributed by atoms with Crippen LogP contribution in [0.1, 0.15) is 53.4 Å². The second-order valence-corrected chi connectivity index (χ2v) is 5.78. The second kappa shape index (κ2) is 4.37. The third-order valence-electron chi connectivity index (χ3n) is 4.06. The number of fused-ring (bicyclic) bond motifs is 1. The zero-order chi connectivity index (χ0) is 11.8. The van der Waals surface area contributed by atoms with Gasteiger partial charge in [-0.05, 0) is 57.9 Å². The van der Waals surface area contributed by atoms with E-state index in [0.29, 0.717) is 6.10 Å². The van der Waals surface area contributed by atoms with Crippen molar-refractivity contribution >= 4 is 0 Å². The molecule has 1 saturated heterocycles. The molecular weight excluding hydrogens is 196 g/mol. The molecule has 2 rings (SSSR count). The minimum atomic E-state index is 0.155. The van der Waals surface area contributed by atoms with Crippen molar-refractivity contribution in [1.29, 1.82) is 0 Å². The molecule has 0 radical (unpaired) electrons. The normalized spacial score (nSPS) is 37.9. The first-order valence-corrected chi connectivity index (χ1v) is 6.53. The zero-order valence-electron chi connectivity index (χ0n) is 11.0. The van der Waals surface area contributed by atoms with Crippen molar-refractivity contribution in [3.63, 3.8) is 0 Å². The summed E-state index contributed by atoms with van der Waals surface area (Å²) in [5.41, 5.74) is 3.01. The van der Waals surface area contributed by atoms with Crippen LogP contribution in [0.4, 0.5) is 0 Å². The molecule has 0 aromatic carbocycles. The van der Waals surface area contributed by atoms with Gasteiger partial charge in [0.2, 0.25) is 0 Å². The Morgan fingerprint density at radius 1 is 1.31 bits per heavy atom. The molecule has 0 N–H and O–H groups in total. The van der Waals surface area contributed by atoms with Crippen LogP contribution in [0.3, 0.4) is 0 Å². The van der Waals surface area contributed by atoms with Crippen molar-refractivity contribution in [3.05, 3.63) is 23.3 Å². The monoisotopic (exact) mass is 220 g/mol. The number of hydrogen-bond donors (Lipinski definition) is 0. The molecule has 16 heavy (non-hydrogen) atoms. The fourth-order valence-electron chi connectivity index (χ4n) is 2.81. The van der Waals surface area contributed by atoms with E-state index in [1.165, 1.54) is 30.4 Å². The Labute approximate surface area is 99.6 Å². The van der Waals surface area contributed by atoms with E-state index >= 15 is 0 Å². The number of rotatable bonds is 3. The van der Waals surface area contributed by atoms with Crippen LogP contribution in [0.15, 0.2) is 23.3 Å². The first kappa shape index (κ1) is 11.9. The molecule has 90 valence electrons. The fourth-order valence-corrected chi connectivity index (χ4v) is 2.81. The van der Waals surface area contributed by atoms with E-state index in [4.69, 9.17) is 4.74 Å². The van der Waals surface area contributed by atoms with Crippen LogP contribution in [0, 0.1) is 5.92 Å². The zero-order valence-corrected chi connectivity index (χ0v) is 11.0. The molecule has 0 aromatic heterocycles. The molecule has 1 nitrogen and oxygen atoms in total. The smallest absolute Gasteiger partial charge is 0.115 e. The lowest BCUT2D eigenvalue weighted by molar-refractivity contribution is 0.316. The van der Waals surface area contributed by atoms with Crippen LogP contribution < -0.4 is 0 Å². The molecule has 0 aromatic rings. The molecule has 1 heterocycles. The summed E-state index contributed by atoms with van der Waals surface area (Å²) in [6.07, 6.45) is 10.0. The lowest BCUT2D eigenvalue weighted by atomic mass is 9.79. The molecule has 3 unspecified atom stereocenters. The van der Waals surface area contributed by atoms with E-state index in [2.05, 4.69) is 39.8 Å². The largest absolute Gasteiger partial charge is 0.361 e. The summed E-state index contributed by atoms with van der Waals surface area (Å²) < 4.78 is 5.97. The summed E-state index contributed by atoms with van der Waals surface area (Å²) in [4.78, 5) is 0. The van der Waals surface area contributed by atoms with Crippen molar-refractivity contribution in [2.45, 2.75) is 65.1 Å². The van der Waals surface area contributed by atoms with Gasteiger partial charge in [0.15, 0.2) is 0 Å². The molecule has 1 heteroatoms. The minimum absolute atomic E-state index is 0.155. The average molecular weight is 220 g/mol. The standard InChI is InChI=1S/C15H24O/c1-11(2)6-5-7-13(4)15-9-8-12(3)10-14(15)16-15/h6-7,12,14H,5,8-10H2,1-4H3/b13-7+. The summed E-state index contributed by atoms with van der Waals surface area (Å²) in [6.45, 7) is 8.89. The average Bonchev–Trinajstić information content (AvgIpc) is 2.91. The summed E-state index contributed by atoms with van der Waals surface area (Å²) >= 11 is 0. The summed E-state index contributed by atoms with van der Waals surface area (Å²) in [7, 11) is 0. The first-order chi connectivity index (χ1) is 7.54. The highest BCUT2D eigenvalue weighted by Gasteiger charge is 2.59. The predicted octanol–water partition coefficient (Wildman–Crippen LogP) is 4.25. The maximum absolute atomic E-state index is 5.97. The molecule has 1 saturated carbocycles. The Balaban J connectivity index is 1.96. The minimum Gasteiger partial charge on any atom is -0.361 e. The molecule has 0 amide bonds. The molecule has 0 spiro atoms. The van der Waals surface area contributed by atoms with Crippen LogP contribution >= 0.6 is 0 Å². The molecular formula is C15H24O. The van der Waals surface area contributed by atoms with Gasteiger partial charge in [-0.1, -0.05) is 24.6 Å². The molecule has 1 aliphatic carbocycles. The van der Waals surface area contributed by atoms with E-state index in [1.807, 2.05) is 0 Å². The molecule has 2 fully saturated rings. The van der Waals surface area contributed by atoms with Gasteiger partial charge in [0.25, 0.3) is 0 Å². The Morgan fingerprint density at radius 3 is 2.69 bits per heavy atom. The lowest BCUT2D eigenvalue weighted by Gasteiger charge is -2.22. The van der Waals surface area contributed by atoms with Gasteiger partial charge >= 0.3 is 0 Å². The Morgan fingerprint density at radius 2 is 2.06 bits per heavy atom. The fraction of sp³-hybridized carbons (Fsp3) is 0.733. The predicted molar refractivity (Wildman–Crippen MR) is 68.4 cm³/mol. The Kier molecular flexibility index (Phi) is 3.25. The summed E-state index contributed by atoms with van der Waals surface area (Å²) in [6, 6.07) is 0. The lowest BCUT2D eigenvalue weighted by Crippen LogP contribution is -2.24. The van der Waals surface area contributed by atoms with Crippen molar-refractivity contribution in [3.8, 4) is 0 Å². The second-order valence-electron chi connectivity index (χ2n) is 5.78. The van der Waals surface area contributed by atoms with E-state index in [9.17, 15) is 0 Å².